The number of nitrogens with zero attached hydrogens (tertiary/aromatic N) is 1. The number of hydrogen-bond donors (Lipinski definition) is 1. The van der Waals surface area contributed by atoms with Crippen LogP contribution in [0, 0.1) is 17.0 Å². The third-order valence-electron chi connectivity index (χ3n) is 3.98. The van der Waals surface area contributed by atoms with Crippen molar-refractivity contribution in [2.45, 2.75) is 19.3 Å². The monoisotopic (exact) mass is 346 g/mol. The number of nitro groups is 1. The zero-order chi connectivity index (χ0) is 15.0. The number of nitro benzene ring substituents is 1. The zero-order valence-corrected chi connectivity index (χ0v) is 13.2. The Labute approximate surface area is 131 Å². The molecule has 0 fully saturated rings. The van der Waals surface area contributed by atoms with Crippen molar-refractivity contribution in [3.63, 3.8) is 0 Å². The van der Waals surface area contributed by atoms with Gasteiger partial charge in [-0.15, -0.1) is 0 Å². The molecule has 1 atom stereocenters. The van der Waals surface area contributed by atoms with Gasteiger partial charge in [0.2, 0.25) is 0 Å². The first-order valence-corrected chi connectivity index (χ1v) is 7.62. The van der Waals surface area contributed by atoms with Gasteiger partial charge in [-0.05, 0) is 46.5 Å². The van der Waals surface area contributed by atoms with Crippen LogP contribution in [0.3, 0.4) is 0 Å². The largest absolute Gasteiger partial charge is 0.383 e. The number of halogens is 1. The second kappa shape index (κ2) is 5.48. The van der Waals surface area contributed by atoms with E-state index in [-0.39, 0.29) is 10.6 Å². The number of rotatable bonds is 4. The van der Waals surface area contributed by atoms with E-state index in [0.29, 0.717) is 11.5 Å². The van der Waals surface area contributed by atoms with Crippen LogP contribution >= 0.6 is 15.9 Å². The van der Waals surface area contributed by atoms with E-state index in [2.05, 4.69) is 45.5 Å². The van der Waals surface area contributed by atoms with E-state index in [1.165, 1.54) is 11.1 Å². The van der Waals surface area contributed by atoms with Crippen LogP contribution in [0.5, 0.6) is 0 Å². The van der Waals surface area contributed by atoms with Gasteiger partial charge in [0.15, 0.2) is 0 Å². The molecule has 0 aromatic heterocycles. The van der Waals surface area contributed by atoms with Gasteiger partial charge in [0.25, 0.3) is 5.69 Å². The normalized spacial score (nSPS) is 16.0. The third kappa shape index (κ3) is 2.65. The van der Waals surface area contributed by atoms with E-state index in [9.17, 15) is 10.1 Å². The van der Waals surface area contributed by atoms with Crippen LogP contribution in [0.4, 0.5) is 11.4 Å². The second-order valence-electron chi connectivity index (χ2n) is 5.36. The molecule has 2 aromatic rings. The summed E-state index contributed by atoms with van der Waals surface area (Å²) in [5, 5.41) is 14.3. The minimum Gasteiger partial charge on any atom is -0.383 e. The maximum Gasteiger partial charge on any atom is 0.273 e. The SMILES string of the molecule is Cc1cc(NCC2Cc3ccccc32)c(Br)cc1[N+](=O)[O-]. The number of hydrogen-bond acceptors (Lipinski definition) is 3. The average molecular weight is 347 g/mol. The van der Waals surface area contributed by atoms with E-state index in [1.807, 2.05) is 6.07 Å². The highest BCUT2D eigenvalue weighted by molar-refractivity contribution is 9.10. The van der Waals surface area contributed by atoms with Gasteiger partial charge < -0.3 is 5.32 Å². The lowest BCUT2D eigenvalue weighted by molar-refractivity contribution is -0.385. The van der Waals surface area contributed by atoms with Gasteiger partial charge in [0.1, 0.15) is 0 Å². The molecule has 0 aliphatic heterocycles. The molecular formula is C16H15BrN2O2. The van der Waals surface area contributed by atoms with Crippen LogP contribution in [-0.2, 0) is 6.42 Å². The topological polar surface area (TPSA) is 55.2 Å². The summed E-state index contributed by atoms with van der Waals surface area (Å²) in [4.78, 5) is 10.6. The smallest absolute Gasteiger partial charge is 0.273 e. The lowest BCUT2D eigenvalue weighted by Gasteiger charge is -2.30. The average Bonchev–Trinajstić information content (AvgIpc) is 2.42. The van der Waals surface area contributed by atoms with Crippen molar-refractivity contribution in [3.05, 3.63) is 67.7 Å². The van der Waals surface area contributed by atoms with Crippen molar-refractivity contribution < 1.29 is 4.92 Å². The Morgan fingerprint density at radius 3 is 2.86 bits per heavy atom. The molecule has 0 bridgehead atoms. The molecule has 0 radical (unpaired) electrons. The van der Waals surface area contributed by atoms with E-state index < -0.39 is 0 Å². The molecule has 1 aliphatic rings. The first-order valence-electron chi connectivity index (χ1n) is 6.82. The number of aryl methyl sites for hydroxylation is 1. The Balaban J connectivity index is 1.72. The van der Waals surface area contributed by atoms with Crippen LogP contribution in [0.2, 0.25) is 0 Å². The lowest BCUT2D eigenvalue weighted by Crippen LogP contribution is -2.24. The van der Waals surface area contributed by atoms with E-state index in [4.69, 9.17) is 0 Å². The highest BCUT2D eigenvalue weighted by Gasteiger charge is 2.25. The Morgan fingerprint density at radius 1 is 1.38 bits per heavy atom. The van der Waals surface area contributed by atoms with Gasteiger partial charge >= 0.3 is 0 Å². The van der Waals surface area contributed by atoms with Crippen molar-refractivity contribution in [2.24, 2.45) is 0 Å². The molecule has 4 nitrogen and oxygen atoms in total. The standard InChI is InChI=1S/C16H15BrN2O2/c1-10-6-15(14(17)8-16(10)19(20)21)18-9-12-7-11-4-2-3-5-13(11)12/h2-6,8,12,18H,7,9H2,1H3. The van der Waals surface area contributed by atoms with Crippen LogP contribution in [0.1, 0.15) is 22.6 Å². The summed E-state index contributed by atoms with van der Waals surface area (Å²) < 4.78 is 0.729. The van der Waals surface area contributed by atoms with Crippen LogP contribution < -0.4 is 5.32 Å². The molecule has 5 heteroatoms. The van der Waals surface area contributed by atoms with Crippen LogP contribution in [-0.4, -0.2) is 11.5 Å². The predicted octanol–water partition coefficient (Wildman–Crippen LogP) is 4.42. The minimum absolute atomic E-state index is 0.140. The molecule has 0 amide bonds. The maximum atomic E-state index is 10.9. The summed E-state index contributed by atoms with van der Waals surface area (Å²) in [6.45, 7) is 2.60. The molecule has 108 valence electrons. The fourth-order valence-electron chi connectivity index (χ4n) is 2.78. The summed E-state index contributed by atoms with van der Waals surface area (Å²) in [7, 11) is 0. The molecular weight excluding hydrogens is 332 g/mol. The number of fused-ring (bicyclic) bond motifs is 1. The third-order valence-corrected chi connectivity index (χ3v) is 4.64. The van der Waals surface area contributed by atoms with E-state index >= 15 is 0 Å². The van der Waals surface area contributed by atoms with Gasteiger partial charge in [-0.2, -0.15) is 0 Å². The van der Waals surface area contributed by atoms with Gasteiger partial charge in [-0.1, -0.05) is 24.3 Å². The fraction of sp³-hybridized carbons (Fsp3) is 0.250. The lowest BCUT2D eigenvalue weighted by atomic mass is 9.77. The Kier molecular flexibility index (Phi) is 3.68. The minimum atomic E-state index is -0.355. The van der Waals surface area contributed by atoms with Crippen LogP contribution in [0.15, 0.2) is 40.9 Å². The molecule has 0 spiro atoms. The number of anilines is 1. The van der Waals surface area contributed by atoms with Crippen LogP contribution in [0.25, 0.3) is 0 Å². The first-order chi connectivity index (χ1) is 10.1. The Morgan fingerprint density at radius 2 is 2.14 bits per heavy atom. The summed E-state index contributed by atoms with van der Waals surface area (Å²) in [6.07, 6.45) is 1.09. The fourth-order valence-corrected chi connectivity index (χ4v) is 3.25. The summed E-state index contributed by atoms with van der Waals surface area (Å²) in [6, 6.07) is 11.9. The van der Waals surface area contributed by atoms with Crippen molar-refractivity contribution >= 4 is 27.3 Å². The summed E-state index contributed by atoms with van der Waals surface area (Å²) >= 11 is 3.40. The second-order valence-corrected chi connectivity index (χ2v) is 6.21. The highest BCUT2D eigenvalue weighted by Crippen LogP contribution is 2.36. The molecule has 0 heterocycles. The molecule has 1 N–H and O–H groups in total. The van der Waals surface area contributed by atoms with Crippen molar-refractivity contribution in [3.8, 4) is 0 Å². The zero-order valence-electron chi connectivity index (χ0n) is 11.6. The van der Waals surface area contributed by atoms with E-state index in [1.54, 1.807) is 13.0 Å². The predicted molar refractivity (Wildman–Crippen MR) is 86.9 cm³/mol. The Bertz CT molecular complexity index is 715. The van der Waals surface area contributed by atoms with Gasteiger partial charge in [-0.3, -0.25) is 10.1 Å². The Hall–Kier alpha value is -1.88. The van der Waals surface area contributed by atoms with E-state index in [0.717, 1.165) is 23.1 Å². The van der Waals surface area contributed by atoms with Gasteiger partial charge in [-0.25, -0.2) is 0 Å². The number of benzene rings is 2. The maximum absolute atomic E-state index is 10.9. The summed E-state index contributed by atoms with van der Waals surface area (Å²) in [5.74, 6) is 0.517. The highest BCUT2D eigenvalue weighted by atomic mass is 79.9. The van der Waals surface area contributed by atoms with Crippen molar-refractivity contribution in [2.75, 3.05) is 11.9 Å². The molecule has 3 rings (SSSR count). The quantitative estimate of drug-likeness (QED) is 0.658. The van der Waals surface area contributed by atoms with Gasteiger partial charge in [0.05, 0.1) is 4.92 Å². The van der Waals surface area contributed by atoms with Gasteiger partial charge in [0, 0.05) is 34.3 Å². The molecule has 1 unspecified atom stereocenters. The number of nitrogens with one attached hydrogen (secondary N) is 1. The molecule has 2 aromatic carbocycles. The first kappa shape index (κ1) is 14.1. The molecule has 0 saturated heterocycles. The van der Waals surface area contributed by atoms with Crippen molar-refractivity contribution in [1.29, 1.82) is 0 Å². The molecule has 21 heavy (non-hydrogen) atoms. The van der Waals surface area contributed by atoms with Crippen molar-refractivity contribution in [1.82, 2.24) is 0 Å². The molecule has 0 saturated carbocycles. The summed E-state index contributed by atoms with van der Waals surface area (Å²) in [5.41, 5.74) is 4.53. The molecule has 1 aliphatic carbocycles.